The molecule has 0 atom stereocenters. The Hall–Kier alpha value is -0.693. The van der Waals surface area contributed by atoms with Crippen molar-refractivity contribution in [3.05, 3.63) is 18.2 Å². The molecule has 1 rings (SSSR count). The molecule has 1 aromatic heterocycles. The van der Waals surface area contributed by atoms with E-state index in [9.17, 15) is 0 Å². The van der Waals surface area contributed by atoms with Crippen LogP contribution in [0.4, 0.5) is 0 Å². The van der Waals surface area contributed by atoms with Gasteiger partial charge in [0.1, 0.15) is 5.82 Å². The molecule has 0 aliphatic carbocycles. The highest BCUT2D eigenvalue weighted by Crippen LogP contribution is 2.18. The third-order valence-electron chi connectivity index (χ3n) is 2.32. The maximum absolute atomic E-state index is 5.76. The second-order valence-corrected chi connectivity index (χ2v) is 6.25. The van der Waals surface area contributed by atoms with Crippen LogP contribution in [0.25, 0.3) is 0 Å². The van der Waals surface area contributed by atoms with E-state index in [-0.39, 0.29) is 0 Å². The van der Waals surface area contributed by atoms with Crippen LogP contribution in [0.3, 0.4) is 0 Å². The molecule has 98 valence electrons. The quantitative estimate of drug-likeness (QED) is 0.688. The molecule has 0 bridgehead atoms. The molecule has 1 aromatic rings. The van der Waals surface area contributed by atoms with Gasteiger partial charge in [-0.15, -0.1) is 0 Å². The van der Waals surface area contributed by atoms with Crippen molar-refractivity contribution in [1.29, 1.82) is 0 Å². The Morgan fingerprint density at radius 3 is 2.12 bits per heavy atom. The van der Waals surface area contributed by atoms with Crippen molar-refractivity contribution < 1.29 is 13.3 Å². The number of rotatable bonds is 9. The number of nitrogens with one attached hydrogen (secondary N) is 1. The number of hydrogen-bond donors (Lipinski definition) is 1. The van der Waals surface area contributed by atoms with Crippen LogP contribution in [0.15, 0.2) is 12.4 Å². The van der Waals surface area contributed by atoms with Crippen molar-refractivity contribution in [3.63, 3.8) is 0 Å². The molecule has 0 aliphatic heterocycles. The van der Waals surface area contributed by atoms with Gasteiger partial charge < -0.3 is 18.3 Å². The van der Waals surface area contributed by atoms with E-state index in [4.69, 9.17) is 13.3 Å². The lowest BCUT2D eigenvalue weighted by Crippen LogP contribution is -2.46. The highest BCUT2D eigenvalue weighted by atomic mass is 28.4. The fourth-order valence-electron chi connectivity index (χ4n) is 1.71. The van der Waals surface area contributed by atoms with E-state index in [1.807, 2.05) is 27.0 Å². The number of hydrogen-bond acceptors (Lipinski definition) is 4. The van der Waals surface area contributed by atoms with Crippen LogP contribution < -0.4 is 0 Å². The van der Waals surface area contributed by atoms with Crippen LogP contribution in [0.2, 0.25) is 6.04 Å². The largest absolute Gasteiger partial charge is 0.501 e. The normalized spacial score (nSPS) is 11.9. The van der Waals surface area contributed by atoms with Crippen molar-refractivity contribution in [2.24, 2.45) is 0 Å². The fraction of sp³-hybridized carbons (Fsp3) is 0.727. The highest BCUT2D eigenvalue weighted by molar-refractivity contribution is 6.60. The minimum Gasteiger partial charge on any atom is -0.374 e. The molecule has 0 aromatic carbocycles. The smallest absolute Gasteiger partial charge is 0.374 e. The molecular formula is C11H22N2O3Si. The molecule has 1 heterocycles. The average Bonchev–Trinajstić information content (AvgIpc) is 2.80. The molecule has 0 fully saturated rings. The number of aromatic amines is 1. The summed E-state index contributed by atoms with van der Waals surface area (Å²) in [6, 6.07) is 0.760. The van der Waals surface area contributed by atoms with Gasteiger partial charge in [0, 0.05) is 44.7 Å². The van der Waals surface area contributed by atoms with Crippen molar-refractivity contribution in [2.45, 2.75) is 33.2 Å². The van der Waals surface area contributed by atoms with Gasteiger partial charge in [-0.3, -0.25) is 0 Å². The molecular weight excluding hydrogens is 236 g/mol. The van der Waals surface area contributed by atoms with Crippen molar-refractivity contribution in [1.82, 2.24) is 9.97 Å². The zero-order chi connectivity index (χ0) is 12.6. The standard InChI is InChI=1S/C11H22N2O3Si/c1-4-14-17(15-5-2,16-6-3)10-7-11-12-8-9-13-11/h8-9H,4-7,10H2,1-3H3,(H,12,13). The van der Waals surface area contributed by atoms with E-state index in [1.165, 1.54) is 0 Å². The van der Waals surface area contributed by atoms with Gasteiger partial charge in [0.25, 0.3) is 0 Å². The lowest BCUT2D eigenvalue weighted by atomic mass is 10.5. The number of nitrogens with zero attached hydrogens (tertiary/aromatic N) is 1. The minimum absolute atomic E-state index is 0.615. The van der Waals surface area contributed by atoms with Crippen molar-refractivity contribution >= 4 is 8.80 Å². The SMILES string of the molecule is CCO[Si](CCc1ncc[nH]1)(OCC)OCC. The molecule has 6 heteroatoms. The summed E-state index contributed by atoms with van der Waals surface area (Å²) < 4.78 is 17.3. The molecule has 0 unspecified atom stereocenters. The lowest BCUT2D eigenvalue weighted by Gasteiger charge is -2.28. The van der Waals surface area contributed by atoms with E-state index in [1.54, 1.807) is 6.20 Å². The first-order chi connectivity index (χ1) is 8.26. The Labute approximate surface area is 104 Å². The first kappa shape index (κ1) is 14.4. The molecule has 5 nitrogen and oxygen atoms in total. The van der Waals surface area contributed by atoms with Gasteiger partial charge in [0.15, 0.2) is 0 Å². The fourth-order valence-corrected chi connectivity index (χ4v) is 4.25. The third kappa shape index (κ3) is 4.59. The monoisotopic (exact) mass is 258 g/mol. The van der Waals surface area contributed by atoms with Gasteiger partial charge in [-0.05, 0) is 20.8 Å². The van der Waals surface area contributed by atoms with Gasteiger partial charge in [0.2, 0.25) is 0 Å². The molecule has 1 N–H and O–H groups in total. The van der Waals surface area contributed by atoms with E-state index < -0.39 is 8.80 Å². The summed E-state index contributed by atoms with van der Waals surface area (Å²) in [5.74, 6) is 0.945. The van der Waals surface area contributed by atoms with E-state index >= 15 is 0 Å². The average molecular weight is 258 g/mol. The first-order valence-electron chi connectivity index (χ1n) is 6.16. The summed E-state index contributed by atoms with van der Waals surface area (Å²) >= 11 is 0. The van der Waals surface area contributed by atoms with E-state index in [2.05, 4.69) is 9.97 Å². The number of imidazole rings is 1. The topological polar surface area (TPSA) is 56.4 Å². The Bertz CT molecular complexity index is 276. The van der Waals surface area contributed by atoms with Crippen LogP contribution in [-0.2, 0) is 19.7 Å². The maximum atomic E-state index is 5.76. The first-order valence-corrected chi connectivity index (χ1v) is 8.09. The summed E-state index contributed by atoms with van der Waals surface area (Å²) in [5.41, 5.74) is 0. The molecule has 0 spiro atoms. The molecule has 17 heavy (non-hydrogen) atoms. The zero-order valence-corrected chi connectivity index (χ0v) is 11.9. The Morgan fingerprint density at radius 1 is 1.12 bits per heavy atom. The Balaban J connectivity index is 2.59. The molecule has 0 saturated carbocycles. The van der Waals surface area contributed by atoms with E-state index in [0.717, 1.165) is 18.3 Å². The van der Waals surface area contributed by atoms with Crippen molar-refractivity contribution in [3.8, 4) is 0 Å². The second-order valence-electron chi connectivity index (χ2n) is 3.52. The summed E-state index contributed by atoms with van der Waals surface area (Å²) in [5, 5.41) is 0. The van der Waals surface area contributed by atoms with Gasteiger partial charge >= 0.3 is 8.80 Å². The minimum atomic E-state index is -2.51. The lowest BCUT2D eigenvalue weighted by molar-refractivity contribution is 0.0713. The van der Waals surface area contributed by atoms with Crippen LogP contribution >= 0.6 is 0 Å². The Morgan fingerprint density at radius 2 is 1.71 bits per heavy atom. The van der Waals surface area contributed by atoms with E-state index in [0.29, 0.717) is 19.8 Å². The molecule has 0 radical (unpaired) electrons. The number of aryl methyl sites for hydroxylation is 1. The predicted molar refractivity (Wildman–Crippen MR) is 67.7 cm³/mol. The highest BCUT2D eigenvalue weighted by Gasteiger charge is 2.40. The number of aromatic nitrogens is 2. The van der Waals surface area contributed by atoms with Gasteiger partial charge in [0.05, 0.1) is 0 Å². The third-order valence-corrected chi connectivity index (χ3v) is 5.36. The van der Waals surface area contributed by atoms with Gasteiger partial charge in [-0.25, -0.2) is 4.98 Å². The molecule has 0 saturated heterocycles. The summed E-state index contributed by atoms with van der Waals surface area (Å²) in [4.78, 5) is 7.28. The zero-order valence-electron chi connectivity index (χ0n) is 10.9. The van der Waals surface area contributed by atoms with Crippen molar-refractivity contribution in [2.75, 3.05) is 19.8 Å². The van der Waals surface area contributed by atoms with Crippen LogP contribution in [0.1, 0.15) is 26.6 Å². The summed E-state index contributed by atoms with van der Waals surface area (Å²) in [6.45, 7) is 7.74. The van der Waals surface area contributed by atoms with Crippen LogP contribution in [0, 0.1) is 0 Å². The van der Waals surface area contributed by atoms with Crippen LogP contribution in [0.5, 0.6) is 0 Å². The second kappa shape index (κ2) is 7.60. The maximum Gasteiger partial charge on any atom is 0.501 e. The predicted octanol–water partition coefficient (Wildman–Crippen LogP) is 2.00. The molecule has 0 aliphatic rings. The summed E-state index contributed by atoms with van der Waals surface area (Å²) in [6.07, 6.45) is 4.36. The van der Waals surface area contributed by atoms with Gasteiger partial charge in [-0.1, -0.05) is 0 Å². The van der Waals surface area contributed by atoms with Crippen LogP contribution in [-0.4, -0.2) is 38.6 Å². The molecule has 0 amide bonds. The van der Waals surface area contributed by atoms with Gasteiger partial charge in [-0.2, -0.15) is 0 Å². The number of H-pyrrole nitrogens is 1. The Kier molecular flexibility index (Phi) is 6.42. The summed E-state index contributed by atoms with van der Waals surface area (Å²) in [7, 11) is -2.51.